The fourth-order valence-corrected chi connectivity index (χ4v) is 2.14. The number of rotatable bonds is 2. The second-order valence-electron chi connectivity index (χ2n) is 3.02. The van der Waals surface area contributed by atoms with Gasteiger partial charge in [-0.3, -0.25) is 4.55 Å². The lowest BCUT2D eigenvalue weighted by Crippen LogP contribution is -2.47. The Morgan fingerprint density at radius 1 is 1.43 bits per heavy atom. The van der Waals surface area contributed by atoms with E-state index in [4.69, 9.17) is 14.8 Å². The van der Waals surface area contributed by atoms with Gasteiger partial charge < -0.3 is 14.9 Å². The highest BCUT2D eigenvalue weighted by atomic mass is 32.2. The molecule has 1 fully saturated rings. The summed E-state index contributed by atoms with van der Waals surface area (Å²) in [6, 6.07) is 0. The van der Waals surface area contributed by atoms with E-state index in [1.165, 1.54) is 0 Å². The van der Waals surface area contributed by atoms with Crippen LogP contribution in [0.2, 0.25) is 0 Å². The topological polar surface area (TPSA) is 121 Å². The zero-order valence-electron chi connectivity index (χ0n) is 7.03. The van der Waals surface area contributed by atoms with E-state index in [9.17, 15) is 13.2 Å². The van der Waals surface area contributed by atoms with Gasteiger partial charge >= 0.3 is 5.97 Å². The Kier molecular flexibility index (Phi) is 3.10. The first-order chi connectivity index (χ1) is 6.32. The van der Waals surface area contributed by atoms with Crippen molar-refractivity contribution in [1.82, 2.24) is 0 Å². The second-order valence-corrected chi connectivity index (χ2v) is 4.65. The predicted octanol–water partition coefficient (Wildman–Crippen LogP) is -1.52. The highest BCUT2D eigenvalue weighted by molar-refractivity contribution is 7.86. The van der Waals surface area contributed by atoms with E-state index in [0.29, 0.717) is 0 Å². The highest BCUT2D eigenvalue weighted by Crippen LogP contribution is 2.20. The number of carbonyl (C=O) groups is 1. The molecular formula is C6H10O7S. The summed E-state index contributed by atoms with van der Waals surface area (Å²) in [7, 11) is -4.43. The molecule has 1 heterocycles. The molecule has 1 saturated heterocycles. The molecule has 1 aliphatic rings. The predicted molar refractivity (Wildman–Crippen MR) is 43.3 cm³/mol. The van der Waals surface area contributed by atoms with Crippen LogP contribution < -0.4 is 0 Å². The molecule has 0 aromatic carbocycles. The molecule has 3 atom stereocenters. The molecule has 82 valence electrons. The SMILES string of the molecule is O=C(O)C1C[C@H](S(=O)(=O)O)C(O)CO1. The minimum absolute atomic E-state index is 0.415. The molecular weight excluding hydrogens is 216 g/mol. The number of aliphatic hydroxyl groups is 1. The summed E-state index contributed by atoms with van der Waals surface area (Å²) in [5.41, 5.74) is 0. The molecule has 0 bridgehead atoms. The van der Waals surface area contributed by atoms with E-state index in [1.54, 1.807) is 0 Å². The van der Waals surface area contributed by atoms with Crippen molar-refractivity contribution in [2.45, 2.75) is 23.9 Å². The largest absolute Gasteiger partial charge is 0.479 e. The Balaban J connectivity index is 2.80. The monoisotopic (exact) mass is 226 g/mol. The Bertz CT molecular complexity index is 321. The zero-order valence-corrected chi connectivity index (χ0v) is 7.85. The number of hydrogen-bond acceptors (Lipinski definition) is 5. The molecule has 7 nitrogen and oxygen atoms in total. The average Bonchev–Trinajstić information content (AvgIpc) is 2.02. The van der Waals surface area contributed by atoms with Crippen LogP contribution in [-0.2, 0) is 19.6 Å². The number of aliphatic carboxylic acids is 1. The van der Waals surface area contributed by atoms with Crippen LogP contribution in [0.1, 0.15) is 6.42 Å². The van der Waals surface area contributed by atoms with Crippen LogP contribution in [0.5, 0.6) is 0 Å². The van der Waals surface area contributed by atoms with Crippen LogP contribution >= 0.6 is 0 Å². The van der Waals surface area contributed by atoms with Crippen LogP contribution in [0.3, 0.4) is 0 Å². The van der Waals surface area contributed by atoms with E-state index in [1.807, 2.05) is 0 Å². The van der Waals surface area contributed by atoms with Crippen molar-refractivity contribution in [3.05, 3.63) is 0 Å². The average molecular weight is 226 g/mol. The smallest absolute Gasteiger partial charge is 0.332 e. The van der Waals surface area contributed by atoms with E-state index in [0.717, 1.165) is 0 Å². The first-order valence-corrected chi connectivity index (χ1v) is 5.31. The van der Waals surface area contributed by atoms with Gasteiger partial charge in [-0.25, -0.2) is 4.79 Å². The summed E-state index contributed by atoms with van der Waals surface area (Å²) in [5, 5.41) is 16.2. The van der Waals surface area contributed by atoms with Crippen molar-refractivity contribution in [2.24, 2.45) is 0 Å². The van der Waals surface area contributed by atoms with Gasteiger partial charge in [-0.1, -0.05) is 0 Å². The van der Waals surface area contributed by atoms with E-state index < -0.39 is 46.6 Å². The van der Waals surface area contributed by atoms with Gasteiger partial charge in [-0.05, 0) is 0 Å². The van der Waals surface area contributed by atoms with Crippen LogP contribution in [-0.4, -0.2) is 53.2 Å². The van der Waals surface area contributed by atoms with Crippen molar-refractivity contribution in [1.29, 1.82) is 0 Å². The third-order valence-electron chi connectivity index (χ3n) is 2.00. The molecule has 1 aliphatic heterocycles. The summed E-state index contributed by atoms with van der Waals surface area (Å²) < 4.78 is 34.8. The number of carboxylic acid groups (broad SMARTS) is 1. The van der Waals surface area contributed by atoms with Crippen molar-refractivity contribution in [2.75, 3.05) is 6.61 Å². The van der Waals surface area contributed by atoms with Crippen LogP contribution in [0.15, 0.2) is 0 Å². The van der Waals surface area contributed by atoms with Crippen LogP contribution in [0, 0.1) is 0 Å². The first kappa shape index (κ1) is 11.4. The summed E-state index contributed by atoms with van der Waals surface area (Å²) in [4.78, 5) is 10.5. The van der Waals surface area contributed by atoms with Gasteiger partial charge in [0.15, 0.2) is 6.10 Å². The van der Waals surface area contributed by atoms with Crippen molar-refractivity contribution < 1.29 is 32.7 Å². The Labute approximate surface area is 80.1 Å². The zero-order chi connectivity index (χ0) is 10.9. The highest BCUT2D eigenvalue weighted by Gasteiger charge is 2.40. The lowest BCUT2D eigenvalue weighted by molar-refractivity contribution is -0.157. The maximum atomic E-state index is 10.7. The standard InChI is InChI=1S/C6H10O7S/c7-3-2-13-4(6(8)9)1-5(3)14(10,11)12/h3-5,7H,1-2H2,(H,8,9)(H,10,11,12)/t3?,4?,5-/m0/s1. The maximum absolute atomic E-state index is 10.7. The van der Waals surface area contributed by atoms with Crippen molar-refractivity contribution >= 4 is 16.1 Å². The molecule has 0 radical (unpaired) electrons. The van der Waals surface area contributed by atoms with Gasteiger partial charge in [0.05, 0.1) is 12.7 Å². The normalized spacial score (nSPS) is 34.0. The summed E-state index contributed by atoms with van der Waals surface area (Å²) >= 11 is 0. The molecule has 3 N–H and O–H groups in total. The quantitative estimate of drug-likeness (QED) is 0.489. The van der Waals surface area contributed by atoms with Crippen LogP contribution in [0.25, 0.3) is 0 Å². The van der Waals surface area contributed by atoms with Gasteiger partial charge in [0.1, 0.15) is 5.25 Å². The molecule has 2 unspecified atom stereocenters. The Morgan fingerprint density at radius 3 is 2.43 bits per heavy atom. The Morgan fingerprint density at radius 2 is 2.00 bits per heavy atom. The molecule has 0 aromatic rings. The maximum Gasteiger partial charge on any atom is 0.332 e. The first-order valence-electron chi connectivity index (χ1n) is 3.81. The minimum atomic E-state index is -4.43. The molecule has 0 spiro atoms. The summed E-state index contributed by atoms with van der Waals surface area (Å²) in [6.07, 6.45) is -3.14. The number of aliphatic hydroxyl groups excluding tert-OH is 1. The number of carboxylic acids is 1. The molecule has 8 heteroatoms. The lowest BCUT2D eigenvalue weighted by Gasteiger charge is -2.29. The lowest BCUT2D eigenvalue weighted by atomic mass is 10.1. The molecule has 14 heavy (non-hydrogen) atoms. The molecule has 0 aromatic heterocycles. The van der Waals surface area contributed by atoms with E-state index >= 15 is 0 Å². The van der Waals surface area contributed by atoms with E-state index in [-0.39, 0.29) is 0 Å². The molecule has 0 aliphatic carbocycles. The van der Waals surface area contributed by atoms with Gasteiger partial charge in [0.2, 0.25) is 0 Å². The van der Waals surface area contributed by atoms with Gasteiger partial charge in [-0.15, -0.1) is 0 Å². The fourth-order valence-electron chi connectivity index (χ4n) is 1.25. The summed E-state index contributed by atoms with van der Waals surface area (Å²) in [6.45, 7) is -0.415. The van der Waals surface area contributed by atoms with Gasteiger partial charge in [0, 0.05) is 6.42 Å². The van der Waals surface area contributed by atoms with Gasteiger partial charge in [-0.2, -0.15) is 8.42 Å². The number of hydrogen-bond donors (Lipinski definition) is 3. The molecule has 0 amide bonds. The molecule has 0 saturated carbocycles. The van der Waals surface area contributed by atoms with Crippen molar-refractivity contribution in [3.8, 4) is 0 Å². The summed E-state index contributed by atoms with van der Waals surface area (Å²) in [5.74, 6) is -1.31. The van der Waals surface area contributed by atoms with Crippen molar-refractivity contribution in [3.63, 3.8) is 0 Å². The third-order valence-corrected chi connectivity index (χ3v) is 3.27. The Hall–Kier alpha value is -0.700. The second kappa shape index (κ2) is 3.81. The third kappa shape index (κ3) is 2.41. The van der Waals surface area contributed by atoms with Gasteiger partial charge in [0.25, 0.3) is 10.1 Å². The van der Waals surface area contributed by atoms with Crippen LogP contribution in [0.4, 0.5) is 0 Å². The minimum Gasteiger partial charge on any atom is -0.479 e. The number of ether oxygens (including phenoxy) is 1. The van der Waals surface area contributed by atoms with E-state index in [2.05, 4.69) is 4.74 Å². The fraction of sp³-hybridized carbons (Fsp3) is 0.833. The molecule has 1 rings (SSSR count).